The first-order valence-electron chi connectivity index (χ1n) is 9.43. The fourth-order valence-electron chi connectivity index (χ4n) is 4.20. The van der Waals surface area contributed by atoms with E-state index in [9.17, 15) is 18.0 Å². The van der Waals surface area contributed by atoms with Crippen molar-refractivity contribution >= 4 is 11.9 Å². The van der Waals surface area contributed by atoms with Crippen molar-refractivity contribution in [2.24, 2.45) is 11.3 Å². The molecule has 1 aromatic carbocycles. The number of ether oxygens (including phenoxy) is 2. The largest absolute Gasteiger partial charge is 0.497 e. The SMILES string of the molecule is COC[C@@H]1CN(C)C[C@@]12CCN(C(=O)c1cccc(OC)c1)C2.O=C(O)C(F)(F)F. The van der Waals surface area contributed by atoms with E-state index in [1.165, 1.54) is 0 Å². The van der Waals surface area contributed by atoms with Crippen LogP contribution in [0.4, 0.5) is 13.2 Å². The molecule has 0 aliphatic carbocycles. The third-order valence-corrected chi connectivity index (χ3v) is 5.58. The van der Waals surface area contributed by atoms with Crippen LogP contribution in [0.3, 0.4) is 0 Å². The highest BCUT2D eigenvalue weighted by atomic mass is 19.4. The summed E-state index contributed by atoms with van der Waals surface area (Å²) in [6.45, 7) is 4.51. The maximum Gasteiger partial charge on any atom is 0.490 e. The number of carboxylic acids is 1. The minimum atomic E-state index is -5.08. The molecule has 2 saturated heterocycles. The second kappa shape index (κ2) is 9.65. The Morgan fingerprint density at radius 1 is 1.27 bits per heavy atom. The molecule has 2 atom stereocenters. The Morgan fingerprint density at radius 2 is 1.93 bits per heavy atom. The Hall–Kier alpha value is -2.33. The third kappa shape index (κ3) is 5.63. The highest BCUT2D eigenvalue weighted by Gasteiger charge is 2.50. The van der Waals surface area contributed by atoms with E-state index in [0.29, 0.717) is 11.5 Å². The molecule has 10 heteroatoms. The summed E-state index contributed by atoms with van der Waals surface area (Å²) in [7, 11) is 5.54. The van der Waals surface area contributed by atoms with Crippen LogP contribution in [0.25, 0.3) is 0 Å². The van der Waals surface area contributed by atoms with Crippen LogP contribution in [0.5, 0.6) is 5.75 Å². The third-order valence-electron chi connectivity index (χ3n) is 5.58. The molecule has 2 aliphatic rings. The molecule has 1 aromatic rings. The van der Waals surface area contributed by atoms with Crippen LogP contribution in [0.1, 0.15) is 16.8 Å². The van der Waals surface area contributed by atoms with Gasteiger partial charge in [-0.3, -0.25) is 4.79 Å². The van der Waals surface area contributed by atoms with Crippen LogP contribution in [-0.2, 0) is 9.53 Å². The van der Waals surface area contributed by atoms with E-state index in [2.05, 4.69) is 11.9 Å². The molecular formula is C20H27F3N2O5. The fourth-order valence-corrected chi connectivity index (χ4v) is 4.20. The van der Waals surface area contributed by atoms with Crippen LogP contribution in [0.15, 0.2) is 24.3 Å². The van der Waals surface area contributed by atoms with E-state index in [1.807, 2.05) is 29.2 Å². The Kier molecular flexibility index (Phi) is 7.70. The Bertz CT molecular complexity index is 758. The van der Waals surface area contributed by atoms with E-state index in [-0.39, 0.29) is 11.3 Å². The minimum Gasteiger partial charge on any atom is -0.497 e. The predicted molar refractivity (Wildman–Crippen MR) is 103 cm³/mol. The number of rotatable bonds is 4. The quantitative estimate of drug-likeness (QED) is 0.787. The van der Waals surface area contributed by atoms with Gasteiger partial charge in [-0.15, -0.1) is 0 Å². The van der Waals surface area contributed by atoms with Crippen LogP contribution in [0.2, 0.25) is 0 Å². The number of hydrogen-bond acceptors (Lipinski definition) is 5. The molecule has 1 amide bonds. The molecule has 0 aromatic heterocycles. The molecule has 0 bridgehead atoms. The van der Waals surface area contributed by atoms with Gasteiger partial charge >= 0.3 is 12.1 Å². The number of nitrogens with zero attached hydrogens (tertiary/aromatic N) is 2. The van der Waals surface area contributed by atoms with E-state index in [4.69, 9.17) is 19.4 Å². The molecule has 0 saturated carbocycles. The van der Waals surface area contributed by atoms with Crippen molar-refractivity contribution in [2.45, 2.75) is 12.6 Å². The number of alkyl halides is 3. The zero-order valence-electron chi connectivity index (χ0n) is 17.2. The van der Waals surface area contributed by atoms with Crippen molar-refractivity contribution in [3.05, 3.63) is 29.8 Å². The summed E-state index contributed by atoms with van der Waals surface area (Å²) in [6, 6.07) is 7.42. The van der Waals surface area contributed by atoms with Crippen molar-refractivity contribution < 1.29 is 37.3 Å². The molecule has 1 spiro atoms. The standard InChI is InChI=1S/C18H26N2O3.C2HF3O2/c1-19-10-15(11-22-2)18(12-19)7-8-20(13-18)17(21)14-5-4-6-16(9-14)23-3;3-2(4,5)1(6)7/h4-6,9,15H,7-8,10-13H2,1-3H3;(H,6,7)/t15-,18+;/m0./s1. The molecule has 2 aliphatic heterocycles. The maximum absolute atomic E-state index is 12.8. The number of benzene rings is 1. The zero-order valence-corrected chi connectivity index (χ0v) is 17.2. The van der Waals surface area contributed by atoms with Crippen molar-refractivity contribution in [1.82, 2.24) is 9.80 Å². The van der Waals surface area contributed by atoms with E-state index in [0.717, 1.165) is 45.0 Å². The van der Waals surface area contributed by atoms with Crippen molar-refractivity contribution in [1.29, 1.82) is 0 Å². The summed E-state index contributed by atoms with van der Waals surface area (Å²) >= 11 is 0. The van der Waals surface area contributed by atoms with Gasteiger partial charge in [0, 0.05) is 50.2 Å². The molecule has 2 heterocycles. The summed E-state index contributed by atoms with van der Waals surface area (Å²) in [5.74, 6) is -1.43. The van der Waals surface area contributed by atoms with Gasteiger partial charge in [-0.05, 0) is 31.7 Å². The summed E-state index contributed by atoms with van der Waals surface area (Å²) in [5, 5.41) is 7.12. The smallest absolute Gasteiger partial charge is 0.490 e. The van der Waals surface area contributed by atoms with E-state index >= 15 is 0 Å². The average molecular weight is 432 g/mol. The highest BCUT2D eigenvalue weighted by Crippen LogP contribution is 2.43. The normalized spacial score (nSPS) is 23.9. The lowest BCUT2D eigenvalue weighted by Crippen LogP contribution is -2.38. The first-order valence-corrected chi connectivity index (χ1v) is 9.43. The number of aliphatic carboxylic acids is 1. The Morgan fingerprint density at radius 3 is 2.50 bits per heavy atom. The molecule has 3 rings (SSSR count). The molecule has 168 valence electrons. The molecule has 0 radical (unpaired) electrons. The molecule has 30 heavy (non-hydrogen) atoms. The van der Waals surface area contributed by atoms with E-state index < -0.39 is 12.1 Å². The summed E-state index contributed by atoms with van der Waals surface area (Å²) in [6.07, 6.45) is -4.03. The van der Waals surface area contributed by atoms with Gasteiger partial charge in [0.25, 0.3) is 5.91 Å². The van der Waals surface area contributed by atoms with Gasteiger partial charge in [0.1, 0.15) is 5.75 Å². The maximum atomic E-state index is 12.8. The van der Waals surface area contributed by atoms with Gasteiger partial charge in [0.15, 0.2) is 0 Å². The minimum absolute atomic E-state index is 0.103. The number of hydrogen-bond donors (Lipinski definition) is 1. The van der Waals surface area contributed by atoms with Gasteiger partial charge in [-0.25, -0.2) is 4.79 Å². The topological polar surface area (TPSA) is 79.3 Å². The van der Waals surface area contributed by atoms with Gasteiger partial charge in [-0.2, -0.15) is 13.2 Å². The first-order chi connectivity index (χ1) is 14.0. The van der Waals surface area contributed by atoms with Crippen molar-refractivity contribution in [3.8, 4) is 5.75 Å². The predicted octanol–water partition coefficient (Wildman–Crippen LogP) is 2.37. The molecule has 2 fully saturated rings. The summed E-state index contributed by atoms with van der Waals surface area (Å²) in [4.78, 5) is 26.1. The van der Waals surface area contributed by atoms with Crippen LogP contribution in [-0.4, -0.2) is 87.0 Å². The van der Waals surface area contributed by atoms with Gasteiger partial charge in [0.05, 0.1) is 13.7 Å². The summed E-state index contributed by atoms with van der Waals surface area (Å²) < 4.78 is 42.4. The number of amides is 1. The van der Waals surface area contributed by atoms with Crippen LogP contribution >= 0.6 is 0 Å². The van der Waals surface area contributed by atoms with Crippen molar-refractivity contribution in [2.75, 3.05) is 54.1 Å². The first kappa shape index (κ1) is 23.9. The lowest BCUT2D eigenvalue weighted by molar-refractivity contribution is -0.192. The summed E-state index contributed by atoms with van der Waals surface area (Å²) in [5.41, 5.74) is 0.885. The number of methoxy groups -OCH3 is 2. The molecule has 1 N–H and O–H groups in total. The van der Waals surface area contributed by atoms with Gasteiger partial charge in [-0.1, -0.05) is 6.07 Å². The van der Waals surface area contributed by atoms with Gasteiger partial charge < -0.3 is 24.4 Å². The Labute approximate surface area is 173 Å². The zero-order chi connectivity index (χ0) is 22.5. The van der Waals surface area contributed by atoms with Crippen molar-refractivity contribution in [3.63, 3.8) is 0 Å². The lowest BCUT2D eigenvalue weighted by Gasteiger charge is -2.30. The van der Waals surface area contributed by atoms with E-state index in [1.54, 1.807) is 14.2 Å². The highest BCUT2D eigenvalue weighted by molar-refractivity contribution is 5.94. The Balaban J connectivity index is 0.000000396. The second-order valence-corrected chi connectivity index (χ2v) is 7.72. The molecule has 0 unspecified atom stereocenters. The average Bonchev–Trinajstić information content (AvgIpc) is 3.24. The van der Waals surface area contributed by atoms with Gasteiger partial charge in [0.2, 0.25) is 0 Å². The second-order valence-electron chi connectivity index (χ2n) is 7.72. The fraction of sp³-hybridized carbons (Fsp3) is 0.600. The molecular weight excluding hydrogens is 405 g/mol. The number of carbonyl (C=O) groups is 2. The van der Waals surface area contributed by atoms with Crippen LogP contribution < -0.4 is 4.74 Å². The number of halogens is 3. The number of likely N-dealkylation sites (tertiary alicyclic amines) is 2. The lowest BCUT2D eigenvalue weighted by atomic mass is 9.77. The monoisotopic (exact) mass is 432 g/mol. The molecule has 7 nitrogen and oxygen atoms in total. The number of carboxylic acid groups (broad SMARTS) is 1. The number of carbonyl (C=O) groups excluding carboxylic acids is 1. The van der Waals surface area contributed by atoms with Crippen LogP contribution in [0, 0.1) is 11.3 Å².